The number of oxime groups is 1. The number of hydrogen-bond acceptors (Lipinski definition) is 9. The number of nitrogens with zero attached hydrogens (tertiary/aromatic N) is 2. The van der Waals surface area contributed by atoms with Crippen molar-refractivity contribution in [2.45, 2.75) is 29.5 Å². The van der Waals surface area contributed by atoms with E-state index in [-0.39, 0.29) is 22.8 Å². The maximum Gasteiger partial charge on any atom is 0.328 e. The minimum atomic E-state index is -4.06. The molecular formula is C21H18ClN3O9S. The Morgan fingerprint density at radius 3 is 2.49 bits per heavy atom. The van der Waals surface area contributed by atoms with Gasteiger partial charge in [-0.3, -0.25) is 9.59 Å². The summed E-state index contributed by atoms with van der Waals surface area (Å²) in [6.45, 7) is 1.17. The van der Waals surface area contributed by atoms with E-state index < -0.39 is 55.3 Å². The summed E-state index contributed by atoms with van der Waals surface area (Å²) in [5, 5.41) is 33.3. The zero-order chi connectivity index (χ0) is 25.7. The molecule has 2 amide bonds. The molecular weight excluding hydrogens is 506 g/mol. The Kier molecular flexibility index (Phi) is 5.85. The van der Waals surface area contributed by atoms with Crippen LogP contribution in [0.5, 0.6) is 17.2 Å². The monoisotopic (exact) mass is 523 g/mol. The van der Waals surface area contributed by atoms with Gasteiger partial charge >= 0.3 is 5.97 Å². The molecule has 35 heavy (non-hydrogen) atoms. The molecule has 2 saturated heterocycles. The Hall–Kier alpha value is -3.84. The first-order chi connectivity index (χ1) is 16.4. The van der Waals surface area contributed by atoms with Crippen LogP contribution < -0.4 is 10.2 Å². The number of carboxylic acid groups (broad SMARTS) is 1. The van der Waals surface area contributed by atoms with Crippen molar-refractivity contribution in [3.05, 3.63) is 47.0 Å². The number of phenolic OH excluding ortho intramolecular Hbond substituents is 2. The highest BCUT2D eigenvalue weighted by molar-refractivity contribution is 7.94. The molecule has 0 spiro atoms. The van der Waals surface area contributed by atoms with E-state index >= 15 is 0 Å². The lowest BCUT2D eigenvalue weighted by molar-refractivity contribution is -0.156. The molecule has 4 N–H and O–H groups in total. The third kappa shape index (κ3) is 3.82. The number of rotatable bonds is 6. The van der Waals surface area contributed by atoms with Crippen molar-refractivity contribution in [1.29, 1.82) is 0 Å². The number of halogens is 1. The Labute approximate surface area is 203 Å². The van der Waals surface area contributed by atoms with E-state index in [4.69, 9.17) is 16.4 Å². The maximum absolute atomic E-state index is 12.8. The number of aromatic hydroxyl groups is 2. The third-order valence-electron chi connectivity index (χ3n) is 5.89. The minimum absolute atomic E-state index is 0.0749. The predicted octanol–water partition coefficient (Wildman–Crippen LogP) is 1.57. The van der Waals surface area contributed by atoms with Gasteiger partial charge in [0.2, 0.25) is 5.91 Å². The highest BCUT2D eigenvalue weighted by atomic mass is 35.5. The Balaban J connectivity index is 1.46. The minimum Gasteiger partial charge on any atom is -0.504 e. The van der Waals surface area contributed by atoms with Crippen LogP contribution in [0.4, 0.5) is 5.69 Å². The smallest absolute Gasteiger partial charge is 0.328 e. The van der Waals surface area contributed by atoms with Crippen molar-refractivity contribution in [1.82, 2.24) is 4.90 Å². The van der Waals surface area contributed by atoms with Crippen LogP contribution in [-0.2, 0) is 19.4 Å². The molecule has 2 aliphatic rings. The molecule has 2 aromatic rings. The van der Waals surface area contributed by atoms with Gasteiger partial charge in [0.1, 0.15) is 10.1 Å². The van der Waals surface area contributed by atoms with Gasteiger partial charge in [-0.15, -0.1) is 0 Å². The number of nitrogens with one attached hydrogen (secondary N) is 1. The molecule has 0 bridgehead atoms. The summed E-state index contributed by atoms with van der Waals surface area (Å²) < 4.78 is 23.7. The third-order valence-corrected chi connectivity index (χ3v) is 8.94. The summed E-state index contributed by atoms with van der Waals surface area (Å²) in [7, 11) is -4.06. The van der Waals surface area contributed by atoms with Crippen molar-refractivity contribution in [3.8, 4) is 17.2 Å². The number of carboxylic acids is 1. The first kappa shape index (κ1) is 24.3. The number of phenols is 2. The first-order valence-electron chi connectivity index (χ1n) is 9.99. The van der Waals surface area contributed by atoms with Crippen molar-refractivity contribution >= 4 is 51.1 Å². The highest BCUT2D eigenvalue weighted by Crippen LogP contribution is 2.45. The van der Waals surface area contributed by atoms with E-state index in [0.717, 1.165) is 17.2 Å². The number of hydrogen-bond donors (Lipinski definition) is 4. The van der Waals surface area contributed by atoms with Crippen LogP contribution in [0, 0.1) is 0 Å². The quantitative estimate of drug-likeness (QED) is 0.189. The number of carbonyl (C=O) groups is 3. The second-order valence-corrected chi connectivity index (χ2v) is 10.9. The summed E-state index contributed by atoms with van der Waals surface area (Å²) >= 11 is 5.88. The number of anilines is 1. The van der Waals surface area contributed by atoms with E-state index in [1.54, 1.807) is 0 Å². The van der Waals surface area contributed by atoms with Crippen LogP contribution in [0.3, 0.4) is 0 Å². The Morgan fingerprint density at radius 1 is 1.23 bits per heavy atom. The summed E-state index contributed by atoms with van der Waals surface area (Å²) in [6.07, 6.45) is 0.584. The van der Waals surface area contributed by atoms with Gasteiger partial charge in [-0.1, -0.05) is 16.8 Å². The average molecular weight is 524 g/mol. The molecule has 0 aliphatic carbocycles. The zero-order valence-corrected chi connectivity index (χ0v) is 19.4. The molecule has 14 heteroatoms. The van der Waals surface area contributed by atoms with Gasteiger partial charge in [0, 0.05) is 5.69 Å². The number of fused-ring (bicyclic) bond motifs is 1. The molecule has 0 aromatic heterocycles. The van der Waals surface area contributed by atoms with Gasteiger partial charge in [-0.25, -0.2) is 13.2 Å². The van der Waals surface area contributed by atoms with E-state index in [0.29, 0.717) is 5.69 Å². The highest BCUT2D eigenvalue weighted by Gasteiger charge is 2.69. The van der Waals surface area contributed by atoms with Gasteiger partial charge in [0.05, 0.1) is 23.2 Å². The fourth-order valence-corrected chi connectivity index (χ4v) is 6.37. The first-order valence-corrected chi connectivity index (χ1v) is 11.9. The lowest BCUT2D eigenvalue weighted by Gasteiger charge is -2.35. The lowest BCUT2D eigenvalue weighted by Crippen LogP contribution is -2.57. The van der Waals surface area contributed by atoms with E-state index in [9.17, 15) is 38.1 Å². The summed E-state index contributed by atoms with van der Waals surface area (Å²) in [4.78, 5) is 41.9. The molecule has 2 aromatic carbocycles. The molecule has 12 nitrogen and oxygen atoms in total. The second kappa shape index (κ2) is 8.43. The molecule has 2 fully saturated rings. The summed E-state index contributed by atoms with van der Waals surface area (Å²) in [5.74, 6) is -3.65. The van der Waals surface area contributed by atoms with Gasteiger partial charge in [0.25, 0.3) is 5.91 Å². The second-order valence-electron chi connectivity index (χ2n) is 8.03. The molecule has 4 rings (SSSR count). The van der Waals surface area contributed by atoms with Crippen molar-refractivity contribution in [2.75, 3.05) is 5.32 Å². The molecule has 3 atom stereocenters. The molecule has 184 valence electrons. The van der Waals surface area contributed by atoms with Crippen molar-refractivity contribution < 1.29 is 43.0 Å². The summed E-state index contributed by atoms with van der Waals surface area (Å²) in [6, 6.07) is 6.40. The zero-order valence-electron chi connectivity index (χ0n) is 17.9. The van der Waals surface area contributed by atoms with E-state index in [2.05, 4.69) is 10.5 Å². The van der Waals surface area contributed by atoms with Crippen LogP contribution in [0.1, 0.15) is 23.7 Å². The largest absolute Gasteiger partial charge is 0.504 e. The van der Waals surface area contributed by atoms with Crippen LogP contribution >= 0.6 is 11.6 Å². The normalized spacial score (nSPS) is 24.6. The lowest BCUT2D eigenvalue weighted by atomic mass is 9.98. The van der Waals surface area contributed by atoms with Gasteiger partial charge in [0.15, 0.2) is 33.1 Å². The number of aliphatic carboxylic acids is 1. The number of sulfone groups is 1. The molecule has 0 saturated carbocycles. The predicted molar refractivity (Wildman–Crippen MR) is 122 cm³/mol. The SMILES string of the molecule is C[C@]1(/C=N/Oc2ccc(NC(=O)c3ccc(O)c(O)c3Cl)cc2)[C@H](C(=O)O)N2C(=O)C[C@H]2S1(=O)=O. The molecule has 0 radical (unpaired) electrons. The van der Waals surface area contributed by atoms with Crippen LogP contribution in [0.15, 0.2) is 41.6 Å². The Morgan fingerprint density at radius 2 is 1.89 bits per heavy atom. The van der Waals surface area contributed by atoms with E-state index in [1.807, 2.05) is 0 Å². The maximum atomic E-state index is 12.8. The topological polar surface area (TPSA) is 183 Å². The number of β-lactam (4-membered cyclic amide) rings is 1. The molecule has 2 heterocycles. The average Bonchev–Trinajstić information content (AvgIpc) is 2.93. The standard InChI is InChI=1S/C21H18ClN3O9S/c1-21(18(20(30)31)25-14(27)8-15(25)35(21,32)33)9-23-34-11-4-2-10(3-5-11)24-19(29)12-6-7-13(26)17(28)16(12)22/h2-7,9,15,18,26,28H,8H2,1H3,(H,24,29)(H,30,31)/b23-9+/t15-,18+,21+/m1/s1. The number of benzene rings is 2. The van der Waals surface area contributed by atoms with Gasteiger partial charge in [-0.05, 0) is 43.3 Å². The Bertz CT molecular complexity index is 1380. The van der Waals surface area contributed by atoms with Crippen LogP contribution in [0.2, 0.25) is 5.02 Å². The summed E-state index contributed by atoms with van der Waals surface area (Å²) in [5.41, 5.74) is 0.239. The van der Waals surface area contributed by atoms with Crippen molar-refractivity contribution in [3.63, 3.8) is 0 Å². The molecule has 0 unspecified atom stereocenters. The molecule has 2 aliphatic heterocycles. The number of carbonyl (C=O) groups excluding carboxylic acids is 2. The van der Waals surface area contributed by atoms with Crippen molar-refractivity contribution in [2.24, 2.45) is 5.16 Å². The van der Waals surface area contributed by atoms with Crippen LogP contribution in [0.25, 0.3) is 0 Å². The van der Waals surface area contributed by atoms with E-state index in [1.165, 1.54) is 37.3 Å². The van der Waals surface area contributed by atoms with Gasteiger partial charge < -0.3 is 30.4 Å². The number of amides is 2. The van der Waals surface area contributed by atoms with Gasteiger partial charge in [-0.2, -0.15) is 0 Å². The fraction of sp³-hybridized carbons (Fsp3) is 0.238. The fourth-order valence-electron chi connectivity index (χ4n) is 3.92. The van der Waals surface area contributed by atoms with Crippen LogP contribution in [-0.4, -0.2) is 68.8 Å².